The van der Waals surface area contributed by atoms with Crippen molar-refractivity contribution in [2.45, 2.75) is 5.50 Å². The average Bonchev–Trinajstić information content (AvgIpc) is 2.15. The Hall–Kier alpha value is 0.0600. The van der Waals surface area contributed by atoms with Crippen molar-refractivity contribution in [3.8, 4) is 0 Å². The molecule has 0 saturated heterocycles. The van der Waals surface area contributed by atoms with Crippen LogP contribution in [0.3, 0.4) is 0 Å². The zero-order chi connectivity index (χ0) is 6.69. The van der Waals surface area contributed by atoms with E-state index in [1.807, 2.05) is 0 Å². The Labute approximate surface area is 66.3 Å². The second-order valence-corrected chi connectivity index (χ2v) is 3.94. The zero-order valence-electron chi connectivity index (χ0n) is 4.40. The third-order valence-corrected chi connectivity index (χ3v) is 2.65. The van der Waals surface area contributed by atoms with Crippen LogP contribution in [0.4, 0.5) is 0 Å². The number of aliphatic imine (C=N–C) groups is 1. The van der Waals surface area contributed by atoms with Gasteiger partial charge in [-0.3, -0.25) is 0 Å². The summed E-state index contributed by atoms with van der Waals surface area (Å²) >= 11 is 4.60. The number of thiocarbonyl (C=S) groups is 1. The minimum atomic E-state index is 0.0208. The summed E-state index contributed by atoms with van der Waals surface area (Å²) in [5.74, 6) is 0. The highest BCUT2D eigenvalue weighted by Crippen LogP contribution is 2.29. The van der Waals surface area contributed by atoms with Crippen molar-refractivity contribution in [2.75, 3.05) is 0 Å². The molecule has 1 rings (SSSR count). The monoisotopic (exact) mass is 179 g/mol. The van der Waals surface area contributed by atoms with E-state index in [0.717, 1.165) is 0 Å². The van der Waals surface area contributed by atoms with Gasteiger partial charge in [0, 0.05) is 0 Å². The first-order valence-electron chi connectivity index (χ1n) is 2.19. The van der Waals surface area contributed by atoms with E-state index < -0.39 is 0 Å². The number of nitrogens with one attached hydrogen (secondary N) is 1. The number of rotatable bonds is 1. The molecule has 1 unspecified atom stereocenters. The van der Waals surface area contributed by atoms with Crippen LogP contribution in [0.1, 0.15) is 0 Å². The van der Waals surface area contributed by atoms with Gasteiger partial charge < -0.3 is 11.1 Å². The van der Waals surface area contributed by atoms with E-state index in [-0.39, 0.29) is 5.50 Å². The summed E-state index contributed by atoms with van der Waals surface area (Å²) in [6, 6.07) is 0. The predicted octanol–water partition coefficient (Wildman–Crippen LogP) is 0.526. The largest absolute Gasteiger partial charge is 0.376 e. The van der Waals surface area contributed by atoms with Crippen LogP contribution in [0, 0.1) is 0 Å². The van der Waals surface area contributed by atoms with Crippen LogP contribution >= 0.6 is 33.8 Å². The molecular weight excluding hydrogens is 174 g/mol. The van der Waals surface area contributed by atoms with Crippen LogP contribution in [0.5, 0.6) is 0 Å². The molecule has 0 aromatic carbocycles. The minimum Gasteiger partial charge on any atom is -0.376 e. The molecule has 1 aliphatic rings. The van der Waals surface area contributed by atoms with Gasteiger partial charge in [-0.1, -0.05) is 0 Å². The number of hydrogen-bond donors (Lipinski definition) is 2. The van der Waals surface area contributed by atoms with E-state index in [0.29, 0.717) is 5.11 Å². The fraction of sp³-hybridized carbons (Fsp3) is 0.333. The standard InChI is InChI=1S/C3H5N3S3/c4-2(7)6-3-5-1-8-9-3/h1,3H,(H3,4,6,7). The van der Waals surface area contributed by atoms with E-state index in [2.05, 4.69) is 22.5 Å². The fourth-order valence-corrected chi connectivity index (χ4v) is 2.15. The summed E-state index contributed by atoms with van der Waals surface area (Å²) in [5, 5.41) is 3.09. The summed E-state index contributed by atoms with van der Waals surface area (Å²) in [6.45, 7) is 0. The number of nitrogens with two attached hydrogens (primary N) is 1. The van der Waals surface area contributed by atoms with Crippen molar-refractivity contribution in [3.63, 3.8) is 0 Å². The number of nitrogens with zero attached hydrogens (tertiary/aromatic N) is 1. The van der Waals surface area contributed by atoms with Crippen LogP contribution in [0.15, 0.2) is 4.99 Å². The summed E-state index contributed by atoms with van der Waals surface area (Å²) in [5.41, 5.74) is 6.98. The second-order valence-electron chi connectivity index (χ2n) is 1.31. The molecule has 50 valence electrons. The van der Waals surface area contributed by atoms with Crippen molar-refractivity contribution in [1.82, 2.24) is 5.32 Å². The van der Waals surface area contributed by atoms with Crippen LogP contribution in [0.2, 0.25) is 0 Å². The van der Waals surface area contributed by atoms with Crippen molar-refractivity contribution in [1.29, 1.82) is 0 Å². The maximum Gasteiger partial charge on any atom is 0.179 e. The van der Waals surface area contributed by atoms with Gasteiger partial charge in [0.2, 0.25) is 0 Å². The van der Waals surface area contributed by atoms with E-state index in [1.165, 1.54) is 0 Å². The van der Waals surface area contributed by atoms with Crippen molar-refractivity contribution < 1.29 is 0 Å². The van der Waals surface area contributed by atoms with Gasteiger partial charge in [-0.15, -0.1) is 0 Å². The van der Waals surface area contributed by atoms with Gasteiger partial charge in [-0.25, -0.2) is 4.99 Å². The van der Waals surface area contributed by atoms with E-state index >= 15 is 0 Å². The highest BCUT2D eigenvalue weighted by atomic mass is 33.1. The first-order valence-corrected chi connectivity index (χ1v) is 4.87. The second kappa shape index (κ2) is 3.28. The summed E-state index contributed by atoms with van der Waals surface area (Å²) in [6.07, 6.45) is 0. The van der Waals surface area contributed by atoms with Gasteiger partial charge in [0.25, 0.3) is 0 Å². The molecule has 0 aliphatic carbocycles. The summed E-state index contributed by atoms with van der Waals surface area (Å²) in [4.78, 5) is 4.00. The maximum atomic E-state index is 5.20. The first-order chi connectivity index (χ1) is 4.29. The smallest absolute Gasteiger partial charge is 0.179 e. The van der Waals surface area contributed by atoms with Crippen molar-refractivity contribution in [2.24, 2.45) is 10.7 Å². The van der Waals surface area contributed by atoms with Crippen LogP contribution in [-0.4, -0.2) is 16.2 Å². The highest BCUT2D eigenvalue weighted by molar-refractivity contribution is 8.82. The van der Waals surface area contributed by atoms with Crippen LogP contribution in [0.25, 0.3) is 0 Å². The fourth-order valence-electron chi connectivity index (χ4n) is 0.365. The Morgan fingerprint density at radius 3 is 3.11 bits per heavy atom. The quantitative estimate of drug-likeness (QED) is 0.454. The van der Waals surface area contributed by atoms with E-state index in [9.17, 15) is 0 Å². The third-order valence-electron chi connectivity index (χ3n) is 0.652. The first kappa shape index (κ1) is 7.17. The summed E-state index contributed by atoms with van der Waals surface area (Å²) < 4.78 is 0. The lowest BCUT2D eigenvalue weighted by Crippen LogP contribution is -2.34. The van der Waals surface area contributed by atoms with Gasteiger partial charge in [0.1, 0.15) is 0 Å². The Morgan fingerprint density at radius 1 is 1.89 bits per heavy atom. The molecule has 6 heteroatoms. The molecule has 9 heavy (non-hydrogen) atoms. The average molecular weight is 179 g/mol. The van der Waals surface area contributed by atoms with Gasteiger partial charge >= 0.3 is 0 Å². The molecule has 0 bridgehead atoms. The van der Waals surface area contributed by atoms with Gasteiger partial charge in [-0.2, -0.15) is 0 Å². The Kier molecular flexibility index (Phi) is 2.62. The molecule has 0 aromatic rings. The van der Waals surface area contributed by atoms with Crippen molar-refractivity contribution >= 4 is 44.5 Å². The highest BCUT2D eigenvalue weighted by Gasteiger charge is 2.10. The van der Waals surface area contributed by atoms with E-state index in [4.69, 9.17) is 5.73 Å². The molecule has 0 amide bonds. The Balaban J connectivity index is 2.28. The zero-order valence-corrected chi connectivity index (χ0v) is 6.85. The topological polar surface area (TPSA) is 50.4 Å². The van der Waals surface area contributed by atoms with Gasteiger partial charge in [-0.05, 0) is 33.8 Å². The lowest BCUT2D eigenvalue weighted by molar-refractivity contribution is 0.878. The molecule has 0 aromatic heterocycles. The molecule has 0 fully saturated rings. The third kappa shape index (κ3) is 2.42. The van der Waals surface area contributed by atoms with Gasteiger partial charge in [0.15, 0.2) is 10.6 Å². The lowest BCUT2D eigenvalue weighted by atomic mass is 11.0. The molecular formula is C3H5N3S3. The molecule has 3 N–H and O–H groups in total. The Bertz CT molecular complexity index is 145. The molecule has 1 heterocycles. The van der Waals surface area contributed by atoms with Crippen LogP contribution in [-0.2, 0) is 0 Å². The Morgan fingerprint density at radius 2 is 2.67 bits per heavy atom. The normalized spacial score (nSPS) is 24.2. The van der Waals surface area contributed by atoms with Crippen molar-refractivity contribution in [3.05, 3.63) is 0 Å². The summed E-state index contributed by atoms with van der Waals surface area (Å²) in [7, 11) is 3.16. The molecule has 3 nitrogen and oxygen atoms in total. The molecule has 1 atom stereocenters. The predicted molar refractivity (Wildman–Crippen MR) is 47.4 cm³/mol. The van der Waals surface area contributed by atoms with E-state index in [1.54, 1.807) is 27.1 Å². The number of hydrogen-bond acceptors (Lipinski definition) is 4. The lowest BCUT2D eigenvalue weighted by Gasteiger charge is -2.05. The van der Waals surface area contributed by atoms with Crippen LogP contribution < -0.4 is 11.1 Å². The molecule has 0 saturated carbocycles. The molecule has 0 radical (unpaired) electrons. The minimum absolute atomic E-state index is 0.0208. The SMILES string of the molecule is NC(=S)NC1N=CSS1. The molecule has 1 aliphatic heterocycles. The molecule has 0 spiro atoms. The maximum absolute atomic E-state index is 5.20. The van der Waals surface area contributed by atoms with Gasteiger partial charge in [0.05, 0.1) is 5.55 Å².